The summed E-state index contributed by atoms with van der Waals surface area (Å²) in [6.45, 7) is 0. The first-order valence-electron chi connectivity index (χ1n) is 8.25. The van der Waals surface area contributed by atoms with Crippen LogP contribution in [0.3, 0.4) is 0 Å². The first-order chi connectivity index (χ1) is 13.1. The molecule has 7 nitrogen and oxygen atoms in total. The van der Waals surface area contributed by atoms with Gasteiger partial charge in [-0.3, -0.25) is 9.03 Å². The van der Waals surface area contributed by atoms with Crippen LogP contribution in [-0.2, 0) is 20.0 Å². The van der Waals surface area contributed by atoms with E-state index in [0.29, 0.717) is 11.4 Å². The third kappa shape index (κ3) is 4.20. The molecule has 1 N–H and O–H groups in total. The number of sulfonamides is 2. The van der Waals surface area contributed by atoms with Crippen LogP contribution < -0.4 is 13.8 Å². The second-order valence-electron chi connectivity index (χ2n) is 6.26. The van der Waals surface area contributed by atoms with Gasteiger partial charge in [0.1, 0.15) is 5.75 Å². The molecule has 0 atom stereocenters. The number of methoxy groups -OCH3 is 1. The van der Waals surface area contributed by atoms with Crippen molar-refractivity contribution < 1.29 is 21.6 Å². The third-order valence-electron chi connectivity index (χ3n) is 4.29. The molecule has 0 saturated carbocycles. The van der Waals surface area contributed by atoms with Gasteiger partial charge in [0, 0.05) is 7.05 Å². The minimum atomic E-state index is -3.85. The first kappa shape index (κ1) is 20.0. The minimum absolute atomic E-state index is 0.104. The predicted octanol–water partition coefficient (Wildman–Crippen LogP) is 3.05. The number of hydrogen-bond acceptors (Lipinski definition) is 5. The van der Waals surface area contributed by atoms with Gasteiger partial charge in [0.05, 0.1) is 29.6 Å². The second kappa shape index (κ2) is 7.33. The van der Waals surface area contributed by atoms with Gasteiger partial charge in [-0.05, 0) is 53.2 Å². The fourth-order valence-corrected chi connectivity index (χ4v) is 4.25. The van der Waals surface area contributed by atoms with Crippen LogP contribution in [0.25, 0.3) is 10.8 Å². The van der Waals surface area contributed by atoms with E-state index in [0.717, 1.165) is 21.3 Å². The van der Waals surface area contributed by atoms with E-state index in [9.17, 15) is 16.8 Å². The van der Waals surface area contributed by atoms with Crippen molar-refractivity contribution in [3.63, 3.8) is 0 Å². The largest absolute Gasteiger partial charge is 0.497 e. The summed E-state index contributed by atoms with van der Waals surface area (Å²) in [5.41, 5.74) is 0.621. The Morgan fingerprint density at radius 1 is 0.893 bits per heavy atom. The quantitative estimate of drug-likeness (QED) is 0.662. The number of hydrogen-bond donors (Lipinski definition) is 1. The molecule has 0 heterocycles. The van der Waals surface area contributed by atoms with Crippen molar-refractivity contribution in [2.45, 2.75) is 4.90 Å². The van der Waals surface area contributed by atoms with E-state index in [1.807, 2.05) is 6.07 Å². The lowest BCUT2D eigenvalue weighted by Gasteiger charge is -2.17. The van der Waals surface area contributed by atoms with Crippen LogP contribution in [0.2, 0.25) is 0 Å². The summed E-state index contributed by atoms with van der Waals surface area (Å²) in [7, 11) is -4.33. The predicted molar refractivity (Wildman–Crippen MR) is 111 cm³/mol. The molecule has 0 radical (unpaired) electrons. The van der Waals surface area contributed by atoms with E-state index < -0.39 is 20.0 Å². The molecule has 0 aliphatic heterocycles. The summed E-state index contributed by atoms with van der Waals surface area (Å²) in [5.74, 6) is 0.688. The molecule has 0 fully saturated rings. The van der Waals surface area contributed by atoms with Crippen molar-refractivity contribution in [2.24, 2.45) is 0 Å². The lowest BCUT2D eigenvalue weighted by atomic mass is 10.1. The van der Waals surface area contributed by atoms with Crippen molar-refractivity contribution in [3.05, 3.63) is 60.7 Å². The topological polar surface area (TPSA) is 92.8 Å². The van der Waals surface area contributed by atoms with E-state index >= 15 is 0 Å². The molecule has 0 aliphatic carbocycles. The Labute approximate surface area is 164 Å². The molecule has 148 valence electrons. The molecule has 0 saturated heterocycles. The lowest BCUT2D eigenvalue weighted by Crippen LogP contribution is -2.24. The molecule has 3 aromatic carbocycles. The maximum Gasteiger partial charge on any atom is 0.261 e. The Balaban J connectivity index is 1.93. The zero-order valence-corrected chi connectivity index (χ0v) is 17.2. The summed E-state index contributed by atoms with van der Waals surface area (Å²) in [5, 5.41) is 1.62. The Hall–Kier alpha value is -2.78. The number of fused-ring (bicyclic) bond motifs is 1. The minimum Gasteiger partial charge on any atom is -0.497 e. The van der Waals surface area contributed by atoms with Gasteiger partial charge in [-0.15, -0.1) is 0 Å². The monoisotopic (exact) mass is 420 g/mol. The number of benzene rings is 3. The summed E-state index contributed by atoms with van der Waals surface area (Å²) in [4.78, 5) is 0.104. The van der Waals surface area contributed by atoms with Crippen LogP contribution in [-0.4, -0.2) is 37.2 Å². The van der Waals surface area contributed by atoms with Crippen molar-refractivity contribution >= 4 is 42.2 Å². The first-order valence-corrected chi connectivity index (χ1v) is 11.6. The van der Waals surface area contributed by atoms with E-state index in [1.165, 1.54) is 19.2 Å². The molecule has 28 heavy (non-hydrogen) atoms. The van der Waals surface area contributed by atoms with Crippen LogP contribution in [0.5, 0.6) is 5.75 Å². The van der Waals surface area contributed by atoms with E-state index in [1.54, 1.807) is 49.6 Å². The van der Waals surface area contributed by atoms with Gasteiger partial charge in [-0.2, -0.15) is 0 Å². The van der Waals surface area contributed by atoms with Gasteiger partial charge in [0.15, 0.2) is 0 Å². The lowest BCUT2D eigenvalue weighted by molar-refractivity contribution is 0.415. The van der Waals surface area contributed by atoms with Gasteiger partial charge in [-0.25, -0.2) is 16.8 Å². The highest BCUT2D eigenvalue weighted by molar-refractivity contribution is 7.92. The van der Waals surface area contributed by atoms with E-state index in [2.05, 4.69) is 4.72 Å². The summed E-state index contributed by atoms with van der Waals surface area (Å²) < 4.78 is 57.7. The highest BCUT2D eigenvalue weighted by Crippen LogP contribution is 2.26. The molecule has 3 aromatic rings. The van der Waals surface area contributed by atoms with Crippen molar-refractivity contribution in [1.29, 1.82) is 0 Å². The van der Waals surface area contributed by atoms with Crippen LogP contribution in [0.4, 0.5) is 11.4 Å². The third-order valence-corrected chi connectivity index (χ3v) is 6.87. The van der Waals surface area contributed by atoms with Crippen molar-refractivity contribution in [3.8, 4) is 5.75 Å². The van der Waals surface area contributed by atoms with E-state index in [4.69, 9.17) is 4.74 Å². The molecule has 3 rings (SSSR count). The number of ether oxygens (including phenoxy) is 1. The Bertz CT molecular complexity index is 1240. The number of nitrogens with zero attached hydrogens (tertiary/aromatic N) is 1. The molecule has 0 bridgehead atoms. The molecule has 0 aliphatic rings. The fraction of sp³-hybridized carbons (Fsp3) is 0.158. The normalized spacial score (nSPS) is 12.0. The van der Waals surface area contributed by atoms with Crippen LogP contribution >= 0.6 is 0 Å². The Morgan fingerprint density at radius 2 is 1.57 bits per heavy atom. The Kier molecular flexibility index (Phi) is 5.22. The number of rotatable bonds is 6. The van der Waals surface area contributed by atoms with Gasteiger partial charge < -0.3 is 4.74 Å². The molecular formula is C19H20N2O5S2. The second-order valence-corrected chi connectivity index (χ2v) is 9.96. The van der Waals surface area contributed by atoms with Gasteiger partial charge in [0.25, 0.3) is 10.0 Å². The SMILES string of the molecule is COc1ccc2cc(S(=O)(=O)Nc3cccc(N(C)S(C)(=O)=O)c3)ccc2c1. The molecular weight excluding hydrogens is 400 g/mol. The molecule has 0 amide bonds. The van der Waals surface area contributed by atoms with Gasteiger partial charge in [-0.1, -0.05) is 18.2 Å². The highest BCUT2D eigenvalue weighted by Gasteiger charge is 2.17. The number of anilines is 2. The average molecular weight is 421 g/mol. The zero-order chi connectivity index (χ0) is 20.5. The number of nitrogens with one attached hydrogen (secondary N) is 1. The summed E-state index contributed by atoms with van der Waals surface area (Å²) in [6.07, 6.45) is 1.08. The van der Waals surface area contributed by atoms with E-state index in [-0.39, 0.29) is 10.6 Å². The maximum atomic E-state index is 12.8. The smallest absolute Gasteiger partial charge is 0.261 e. The van der Waals surface area contributed by atoms with Crippen LogP contribution in [0.1, 0.15) is 0 Å². The van der Waals surface area contributed by atoms with Crippen LogP contribution in [0.15, 0.2) is 65.6 Å². The van der Waals surface area contributed by atoms with Gasteiger partial charge in [0.2, 0.25) is 10.0 Å². The van der Waals surface area contributed by atoms with Crippen LogP contribution in [0, 0.1) is 0 Å². The molecule has 0 spiro atoms. The zero-order valence-electron chi connectivity index (χ0n) is 15.6. The highest BCUT2D eigenvalue weighted by atomic mass is 32.2. The molecule has 0 aromatic heterocycles. The standard InChI is InChI=1S/C19H20N2O5S2/c1-21(27(3,22)23)17-6-4-5-16(13-17)20-28(24,25)19-10-8-14-11-18(26-2)9-7-15(14)12-19/h4-13,20H,1-3H3. The fourth-order valence-electron chi connectivity index (χ4n) is 2.67. The molecule has 0 unspecified atom stereocenters. The van der Waals surface area contributed by atoms with Crippen molar-refractivity contribution in [1.82, 2.24) is 0 Å². The molecule has 9 heteroatoms. The Morgan fingerprint density at radius 3 is 2.25 bits per heavy atom. The maximum absolute atomic E-state index is 12.8. The summed E-state index contributed by atoms with van der Waals surface area (Å²) >= 11 is 0. The summed E-state index contributed by atoms with van der Waals surface area (Å²) in [6, 6.07) is 16.4. The van der Waals surface area contributed by atoms with Gasteiger partial charge >= 0.3 is 0 Å². The average Bonchev–Trinajstić information content (AvgIpc) is 2.65. The van der Waals surface area contributed by atoms with Crippen molar-refractivity contribution in [2.75, 3.05) is 29.4 Å².